The molecule has 2 aromatic rings. The van der Waals surface area contributed by atoms with E-state index in [0.717, 1.165) is 12.1 Å². The molecule has 0 fully saturated rings. The van der Waals surface area contributed by atoms with Gasteiger partial charge in [-0.3, -0.25) is 9.10 Å². The van der Waals surface area contributed by atoms with Crippen LogP contribution >= 0.6 is 11.8 Å². The van der Waals surface area contributed by atoms with Crippen molar-refractivity contribution in [1.82, 2.24) is 0 Å². The van der Waals surface area contributed by atoms with Crippen molar-refractivity contribution in [3.05, 3.63) is 53.6 Å². The van der Waals surface area contributed by atoms with Crippen molar-refractivity contribution < 1.29 is 9.00 Å². The summed E-state index contributed by atoms with van der Waals surface area (Å²) in [5.41, 5.74) is 3.46. The lowest BCUT2D eigenvalue weighted by molar-refractivity contribution is 0.0990. The van der Waals surface area contributed by atoms with Crippen molar-refractivity contribution >= 4 is 40.0 Å². The number of carbonyl (C=O) groups excluding carboxylic acids is 1. The zero-order valence-electron chi connectivity index (χ0n) is 14.0. The van der Waals surface area contributed by atoms with E-state index in [1.54, 1.807) is 35.4 Å². The Bertz CT molecular complexity index is 807. The second-order valence-electron chi connectivity index (χ2n) is 5.64. The van der Waals surface area contributed by atoms with Crippen LogP contribution in [0.15, 0.2) is 47.4 Å². The van der Waals surface area contributed by atoms with Crippen LogP contribution in [-0.2, 0) is 17.4 Å². The topological polar surface area (TPSA) is 40.6 Å². The molecule has 1 amide bonds. The maximum absolute atomic E-state index is 13.1. The van der Waals surface area contributed by atoms with Gasteiger partial charge in [0.2, 0.25) is 0 Å². The molecule has 126 valence electrons. The Morgan fingerprint density at radius 2 is 2.00 bits per heavy atom. The summed E-state index contributed by atoms with van der Waals surface area (Å²) in [6.07, 6.45) is 4.53. The van der Waals surface area contributed by atoms with Gasteiger partial charge in [-0.25, -0.2) is 4.21 Å². The lowest BCUT2D eigenvalue weighted by Gasteiger charge is -2.23. The Balaban J connectivity index is 1.97. The maximum atomic E-state index is 13.1. The number of anilines is 2. The summed E-state index contributed by atoms with van der Waals surface area (Å²) in [6.45, 7) is 0.680. The molecule has 0 N–H and O–H groups in total. The zero-order valence-corrected chi connectivity index (χ0v) is 15.6. The molecule has 0 radical (unpaired) electrons. The molecule has 1 atom stereocenters. The van der Waals surface area contributed by atoms with Crippen molar-refractivity contribution in [3.8, 4) is 0 Å². The van der Waals surface area contributed by atoms with Crippen LogP contribution in [0.2, 0.25) is 0 Å². The molecule has 4 nitrogen and oxygen atoms in total. The summed E-state index contributed by atoms with van der Waals surface area (Å²) in [5, 5.41) is 0. The Morgan fingerprint density at radius 1 is 1.25 bits per heavy atom. The Morgan fingerprint density at radius 3 is 2.71 bits per heavy atom. The van der Waals surface area contributed by atoms with E-state index >= 15 is 0 Å². The second-order valence-corrected chi connectivity index (χ2v) is 7.91. The van der Waals surface area contributed by atoms with Gasteiger partial charge in [-0.1, -0.05) is 12.1 Å². The van der Waals surface area contributed by atoms with Gasteiger partial charge in [-0.2, -0.15) is 0 Å². The van der Waals surface area contributed by atoms with Gasteiger partial charge in [0.15, 0.2) is 0 Å². The van der Waals surface area contributed by atoms with E-state index in [1.807, 2.05) is 35.2 Å². The van der Waals surface area contributed by atoms with Crippen molar-refractivity contribution in [2.45, 2.75) is 11.3 Å². The van der Waals surface area contributed by atoms with Crippen LogP contribution in [-0.4, -0.2) is 36.2 Å². The van der Waals surface area contributed by atoms with E-state index < -0.39 is 11.0 Å². The number of rotatable bonds is 4. The Kier molecular flexibility index (Phi) is 4.96. The summed E-state index contributed by atoms with van der Waals surface area (Å²) in [7, 11) is 0.562. The number of benzene rings is 2. The second kappa shape index (κ2) is 6.99. The molecule has 1 aliphatic rings. The fraction of sp³-hybridized carbons (Fsp3) is 0.278. The van der Waals surface area contributed by atoms with E-state index in [0.29, 0.717) is 17.8 Å². The minimum atomic E-state index is -1.18. The first-order valence-electron chi connectivity index (χ1n) is 7.68. The van der Waals surface area contributed by atoms with Crippen molar-refractivity contribution in [1.29, 1.82) is 0 Å². The normalized spacial score (nSPS) is 14.4. The van der Waals surface area contributed by atoms with Crippen LogP contribution in [0.3, 0.4) is 0 Å². The first-order valence-corrected chi connectivity index (χ1v) is 10.4. The predicted octanol–water partition coefficient (Wildman–Crippen LogP) is 3.34. The van der Waals surface area contributed by atoms with E-state index in [-0.39, 0.29) is 5.91 Å². The van der Waals surface area contributed by atoms with Gasteiger partial charge >= 0.3 is 0 Å². The molecule has 0 aliphatic carbocycles. The fourth-order valence-corrected chi connectivity index (χ4v) is 3.83. The van der Waals surface area contributed by atoms with Crippen molar-refractivity contribution in [2.75, 3.05) is 35.3 Å². The van der Waals surface area contributed by atoms with Crippen LogP contribution in [0.5, 0.6) is 0 Å². The summed E-state index contributed by atoms with van der Waals surface area (Å²) in [4.78, 5) is 16.1. The average Bonchev–Trinajstić information content (AvgIpc) is 3.03. The molecular weight excluding hydrogens is 340 g/mol. The summed E-state index contributed by atoms with van der Waals surface area (Å²) in [5.74, 6) is -0.0430. The Hall–Kier alpha value is -1.79. The first-order chi connectivity index (χ1) is 11.5. The third-order valence-electron chi connectivity index (χ3n) is 4.29. The van der Waals surface area contributed by atoms with Gasteiger partial charge in [0.05, 0.1) is 11.3 Å². The number of thioether (sulfide) groups is 1. The molecule has 0 spiro atoms. The highest BCUT2D eigenvalue weighted by Crippen LogP contribution is 2.33. The van der Waals surface area contributed by atoms with Gasteiger partial charge in [0, 0.05) is 30.4 Å². The predicted molar refractivity (Wildman–Crippen MR) is 103 cm³/mol. The molecule has 3 rings (SSSR count). The van der Waals surface area contributed by atoms with Crippen LogP contribution in [0.1, 0.15) is 15.9 Å². The van der Waals surface area contributed by atoms with Crippen molar-refractivity contribution in [2.24, 2.45) is 0 Å². The van der Waals surface area contributed by atoms with Crippen LogP contribution < -0.4 is 9.21 Å². The number of fused-ring (bicyclic) bond motifs is 1. The third kappa shape index (κ3) is 3.08. The number of nitrogens with zero attached hydrogens (tertiary/aromatic N) is 2. The molecule has 1 heterocycles. The summed E-state index contributed by atoms with van der Waals surface area (Å²) < 4.78 is 13.4. The number of hydrogen-bond donors (Lipinski definition) is 0. The zero-order chi connectivity index (χ0) is 17.3. The molecule has 0 bridgehead atoms. The molecular formula is C18H20N2O2S2. The largest absolute Gasteiger partial charge is 0.308 e. The number of para-hydroxylation sites is 1. The van der Waals surface area contributed by atoms with Crippen LogP contribution in [0.4, 0.5) is 11.4 Å². The monoisotopic (exact) mass is 360 g/mol. The van der Waals surface area contributed by atoms with Crippen LogP contribution in [0.25, 0.3) is 0 Å². The Labute approximate surface area is 149 Å². The minimum Gasteiger partial charge on any atom is -0.308 e. The SMILES string of the molecule is CSc1ccc2c(c1)CCN2C(=O)c1ccccc1N(C)S(C)=O. The average molecular weight is 361 g/mol. The van der Waals surface area contributed by atoms with Crippen LogP contribution in [0, 0.1) is 0 Å². The quantitative estimate of drug-likeness (QED) is 0.785. The van der Waals surface area contributed by atoms with E-state index in [4.69, 9.17) is 0 Å². The number of carbonyl (C=O) groups is 1. The van der Waals surface area contributed by atoms with Gasteiger partial charge < -0.3 is 4.90 Å². The van der Waals surface area contributed by atoms with Gasteiger partial charge in [0.1, 0.15) is 11.0 Å². The van der Waals surface area contributed by atoms with Gasteiger partial charge in [-0.05, 0) is 48.6 Å². The molecule has 1 aliphatic heterocycles. The third-order valence-corrected chi connectivity index (χ3v) is 5.98. The number of amides is 1. The summed E-state index contributed by atoms with van der Waals surface area (Å²) in [6, 6.07) is 13.6. The molecule has 24 heavy (non-hydrogen) atoms. The summed E-state index contributed by atoms with van der Waals surface area (Å²) >= 11 is 1.71. The smallest absolute Gasteiger partial charge is 0.260 e. The molecule has 0 saturated carbocycles. The highest BCUT2D eigenvalue weighted by Gasteiger charge is 2.28. The van der Waals surface area contributed by atoms with Gasteiger partial charge in [0.25, 0.3) is 5.91 Å². The highest BCUT2D eigenvalue weighted by atomic mass is 32.2. The lowest BCUT2D eigenvalue weighted by atomic mass is 10.1. The van der Waals surface area contributed by atoms with E-state index in [1.165, 1.54) is 10.5 Å². The molecule has 6 heteroatoms. The number of hydrogen-bond acceptors (Lipinski definition) is 3. The lowest BCUT2D eigenvalue weighted by Crippen LogP contribution is -2.31. The van der Waals surface area contributed by atoms with Gasteiger partial charge in [-0.15, -0.1) is 11.8 Å². The first kappa shape index (κ1) is 17.0. The standard InChI is InChI=1S/C18H20N2O2S2/c1-19(24(3)22)17-7-5-4-6-15(17)18(21)20-11-10-13-12-14(23-2)8-9-16(13)20/h4-9,12H,10-11H2,1-3H3. The molecule has 0 aromatic heterocycles. The molecule has 2 aromatic carbocycles. The molecule has 0 saturated heterocycles. The van der Waals surface area contributed by atoms with E-state index in [9.17, 15) is 9.00 Å². The molecule has 1 unspecified atom stereocenters. The fourth-order valence-electron chi connectivity index (χ4n) is 2.93. The minimum absolute atomic E-state index is 0.0430. The van der Waals surface area contributed by atoms with E-state index in [2.05, 4.69) is 12.3 Å². The maximum Gasteiger partial charge on any atom is 0.260 e. The highest BCUT2D eigenvalue weighted by molar-refractivity contribution is 7.98. The van der Waals surface area contributed by atoms with Crippen molar-refractivity contribution in [3.63, 3.8) is 0 Å².